The largest absolute Gasteiger partial charge is 0.370 e. The van der Waals surface area contributed by atoms with Gasteiger partial charge in [0.05, 0.1) is 19.1 Å². The number of nitrogens with zero attached hydrogens (tertiary/aromatic N) is 1. The molecule has 0 saturated heterocycles. The van der Waals surface area contributed by atoms with Gasteiger partial charge in [-0.2, -0.15) is 0 Å². The van der Waals surface area contributed by atoms with Crippen molar-refractivity contribution in [3.63, 3.8) is 0 Å². The van der Waals surface area contributed by atoms with Crippen LogP contribution in [-0.2, 0) is 19.6 Å². The normalized spacial score (nSPS) is 11.5. The zero-order valence-electron chi connectivity index (χ0n) is 8.34. The first kappa shape index (κ1) is 12.6. The minimum absolute atomic E-state index is 0.0256. The third kappa shape index (κ3) is 3.96. The highest BCUT2D eigenvalue weighted by Gasteiger charge is 2.14. The van der Waals surface area contributed by atoms with E-state index in [1.807, 2.05) is 0 Å². The molecular weight excluding hydrogens is 236 g/mol. The third-order valence-electron chi connectivity index (χ3n) is 1.55. The molecule has 4 N–H and O–H groups in total. The monoisotopic (exact) mass is 248 g/mol. The lowest BCUT2D eigenvalue weighted by molar-refractivity contribution is -0.122. The number of sulfonamides is 1. The zero-order valence-corrected chi connectivity index (χ0v) is 9.16. The van der Waals surface area contributed by atoms with Gasteiger partial charge in [-0.25, -0.2) is 18.1 Å². The quantitative estimate of drug-likeness (QED) is 0.490. The maximum Gasteiger partial charge on any atom is 0.257 e. The van der Waals surface area contributed by atoms with Crippen molar-refractivity contribution in [3.05, 3.63) is 12.5 Å². The number of carbonyl (C=O) groups is 1. The number of imidazole rings is 1. The van der Waals surface area contributed by atoms with Gasteiger partial charge in [0.15, 0.2) is 5.03 Å². The number of primary amides is 1. The number of aromatic amines is 1. The molecule has 0 aliphatic carbocycles. The van der Waals surface area contributed by atoms with Gasteiger partial charge in [-0.05, 0) is 0 Å². The average Bonchev–Trinajstić information content (AvgIpc) is 2.69. The van der Waals surface area contributed by atoms with E-state index in [2.05, 4.69) is 14.7 Å². The molecule has 1 rings (SSSR count). The van der Waals surface area contributed by atoms with Gasteiger partial charge in [-0.15, -0.1) is 0 Å². The number of aromatic nitrogens is 2. The lowest BCUT2D eigenvalue weighted by Crippen LogP contribution is -2.29. The van der Waals surface area contributed by atoms with E-state index in [-0.39, 0.29) is 24.8 Å². The van der Waals surface area contributed by atoms with Crippen molar-refractivity contribution in [2.45, 2.75) is 5.03 Å². The third-order valence-corrected chi connectivity index (χ3v) is 2.93. The van der Waals surface area contributed by atoms with E-state index in [1.165, 1.54) is 12.5 Å². The SMILES string of the molecule is NC(=O)COCCNS(=O)(=O)c1cnc[nH]1. The molecule has 0 fully saturated rings. The van der Waals surface area contributed by atoms with Crippen molar-refractivity contribution in [2.75, 3.05) is 19.8 Å². The molecular formula is C7H12N4O4S. The number of nitrogens with one attached hydrogen (secondary N) is 2. The van der Waals surface area contributed by atoms with E-state index in [0.717, 1.165) is 0 Å². The second-order valence-electron chi connectivity index (χ2n) is 2.83. The van der Waals surface area contributed by atoms with Crippen LogP contribution in [0.5, 0.6) is 0 Å². The molecule has 0 aliphatic heterocycles. The molecule has 90 valence electrons. The molecule has 0 unspecified atom stereocenters. The number of hydrogen-bond donors (Lipinski definition) is 3. The van der Waals surface area contributed by atoms with E-state index in [0.29, 0.717) is 0 Å². The van der Waals surface area contributed by atoms with Gasteiger partial charge in [0.25, 0.3) is 10.0 Å². The van der Waals surface area contributed by atoms with Gasteiger partial charge in [-0.3, -0.25) is 4.79 Å². The number of H-pyrrole nitrogens is 1. The predicted molar refractivity (Wildman–Crippen MR) is 53.8 cm³/mol. The Morgan fingerprint density at radius 1 is 1.62 bits per heavy atom. The van der Waals surface area contributed by atoms with Gasteiger partial charge < -0.3 is 15.5 Å². The number of amides is 1. The van der Waals surface area contributed by atoms with E-state index >= 15 is 0 Å². The topological polar surface area (TPSA) is 127 Å². The van der Waals surface area contributed by atoms with Crippen LogP contribution in [0.25, 0.3) is 0 Å². The van der Waals surface area contributed by atoms with E-state index < -0.39 is 15.9 Å². The first-order valence-corrected chi connectivity index (χ1v) is 5.85. The van der Waals surface area contributed by atoms with Crippen molar-refractivity contribution < 1.29 is 17.9 Å². The Labute approximate surface area is 92.2 Å². The Kier molecular flexibility index (Phi) is 4.40. The Bertz CT molecular complexity index is 427. The molecule has 0 atom stereocenters. The summed E-state index contributed by atoms with van der Waals surface area (Å²) in [6, 6.07) is 0. The smallest absolute Gasteiger partial charge is 0.257 e. The Hall–Kier alpha value is -1.45. The molecule has 0 saturated carbocycles. The minimum Gasteiger partial charge on any atom is -0.370 e. The fourth-order valence-corrected chi connectivity index (χ4v) is 1.80. The minimum atomic E-state index is -3.58. The summed E-state index contributed by atoms with van der Waals surface area (Å²) in [6.45, 7) is -0.114. The Morgan fingerprint density at radius 3 is 2.94 bits per heavy atom. The van der Waals surface area contributed by atoms with Gasteiger partial charge in [0, 0.05) is 6.54 Å². The van der Waals surface area contributed by atoms with E-state index in [4.69, 9.17) is 10.5 Å². The molecule has 0 aromatic carbocycles. The summed E-state index contributed by atoms with van der Waals surface area (Å²) in [5, 5.41) is -0.0256. The maximum atomic E-state index is 11.5. The summed E-state index contributed by atoms with van der Waals surface area (Å²) in [5.74, 6) is -0.601. The van der Waals surface area contributed by atoms with Crippen LogP contribution >= 0.6 is 0 Å². The lowest BCUT2D eigenvalue weighted by atomic mass is 10.6. The van der Waals surface area contributed by atoms with Gasteiger partial charge in [-0.1, -0.05) is 0 Å². The van der Waals surface area contributed by atoms with Crippen molar-refractivity contribution in [2.24, 2.45) is 5.73 Å². The number of rotatable bonds is 7. The average molecular weight is 248 g/mol. The molecule has 0 bridgehead atoms. The van der Waals surface area contributed by atoms with Gasteiger partial charge >= 0.3 is 0 Å². The molecule has 1 heterocycles. The molecule has 0 aliphatic rings. The molecule has 8 nitrogen and oxygen atoms in total. The Morgan fingerprint density at radius 2 is 2.38 bits per heavy atom. The summed E-state index contributed by atoms with van der Waals surface area (Å²) in [6.07, 6.45) is 2.45. The molecule has 0 spiro atoms. The highest BCUT2D eigenvalue weighted by atomic mass is 32.2. The molecule has 1 amide bonds. The first-order valence-electron chi connectivity index (χ1n) is 4.36. The summed E-state index contributed by atoms with van der Waals surface area (Å²) >= 11 is 0. The molecule has 1 aromatic rings. The van der Waals surface area contributed by atoms with Crippen molar-refractivity contribution >= 4 is 15.9 Å². The van der Waals surface area contributed by atoms with Gasteiger partial charge in [0.2, 0.25) is 5.91 Å². The highest BCUT2D eigenvalue weighted by molar-refractivity contribution is 7.89. The number of carbonyl (C=O) groups excluding carboxylic acids is 1. The van der Waals surface area contributed by atoms with Crippen molar-refractivity contribution in [1.82, 2.24) is 14.7 Å². The summed E-state index contributed by atoms with van der Waals surface area (Å²) < 4.78 is 30.0. The molecule has 9 heteroatoms. The van der Waals surface area contributed by atoms with Crippen LogP contribution in [0.4, 0.5) is 0 Å². The highest BCUT2D eigenvalue weighted by Crippen LogP contribution is 2.00. The fourth-order valence-electron chi connectivity index (χ4n) is 0.889. The molecule has 16 heavy (non-hydrogen) atoms. The predicted octanol–water partition coefficient (Wildman–Crippen LogP) is -1.81. The van der Waals surface area contributed by atoms with Crippen LogP contribution < -0.4 is 10.5 Å². The van der Waals surface area contributed by atoms with Gasteiger partial charge in [0.1, 0.15) is 6.61 Å². The van der Waals surface area contributed by atoms with Crippen LogP contribution in [0, 0.1) is 0 Å². The molecule has 1 aromatic heterocycles. The second kappa shape index (κ2) is 5.58. The van der Waals surface area contributed by atoms with Crippen molar-refractivity contribution in [3.8, 4) is 0 Å². The standard InChI is InChI=1S/C7H12N4O4S/c8-6(12)4-15-2-1-11-16(13,14)7-3-9-5-10-7/h3,5,11H,1-2,4H2,(H2,8,12)(H,9,10). The van der Waals surface area contributed by atoms with E-state index in [9.17, 15) is 13.2 Å². The fraction of sp³-hybridized carbons (Fsp3) is 0.429. The number of hydrogen-bond acceptors (Lipinski definition) is 5. The zero-order chi connectivity index (χ0) is 12.0. The lowest BCUT2D eigenvalue weighted by Gasteiger charge is -2.04. The van der Waals surface area contributed by atoms with Crippen LogP contribution in [0.15, 0.2) is 17.6 Å². The van der Waals surface area contributed by atoms with Crippen LogP contribution in [0.3, 0.4) is 0 Å². The summed E-state index contributed by atoms with van der Waals surface area (Å²) in [4.78, 5) is 16.3. The number of ether oxygens (including phenoxy) is 1. The van der Waals surface area contributed by atoms with Crippen LogP contribution in [0.1, 0.15) is 0 Å². The second-order valence-corrected chi connectivity index (χ2v) is 4.57. The molecule has 0 radical (unpaired) electrons. The van der Waals surface area contributed by atoms with Crippen LogP contribution in [0.2, 0.25) is 0 Å². The summed E-state index contributed by atoms with van der Waals surface area (Å²) in [5.41, 5.74) is 4.82. The first-order chi connectivity index (χ1) is 7.52. The Balaban J connectivity index is 2.30. The van der Waals surface area contributed by atoms with Crippen LogP contribution in [-0.4, -0.2) is 44.1 Å². The maximum absolute atomic E-state index is 11.5. The van der Waals surface area contributed by atoms with Crippen molar-refractivity contribution in [1.29, 1.82) is 0 Å². The summed E-state index contributed by atoms with van der Waals surface area (Å²) in [7, 11) is -3.58. The number of nitrogens with two attached hydrogens (primary N) is 1. The van der Waals surface area contributed by atoms with E-state index in [1.54, 1.807) is 0 Å².